The highest BCUT2D eigenvalue weighted by atomic mass is 16.4. The summed E-state index contributed by atoms with van der Waals surface area (Å²) in [5, 5.41) is 8.77. The van der Waals surface area contributed by atoms with E-state index in [1.807, 2.05) is 6.92 Å². The van der Waals surface area contributed by atoms with Gasteiger partial charge in [0.2, 0.25) is 0 Å². The van der Waals surface area contributed by atoms with Crippen LogP contribution in [0.1, 0.15) is 46.0 Å². The maximum atomic E-state index is 11.5. The van der Waals surface area contributed by atoms with E-state index in [1.54, 1.807) is 6.92 Å². The fraction of sp³-hybridized carbons (Fsp3) is 0.636. The van der Waals surface area contributed by atoms with Crippen molar-refractivity contribution < 1.29 is 14.7 Å². The first-order chi connectivity index (χ1) is 7.04. The molecule has 4 nitrogen and oxygen atoms in total. The van der Waals surface area contributed by atoms with E-state index in [2.05, 4.69) is 0 Å². The lowest BCUT2D eigenvalue weighted by molar-refractivity contribution is -0.133. The molecule has 0 aromatic rings. The summed E-state index contributed by atoms with van der Waals surface area (Å²) in [5.41, 5.74) is 5.45. The van der Waals surface area contributed by atoms with E-state index in [0.717, 1.165) is 19.3 Å². The van der Waals surface area contributed by atoms with Crippen molar-refractivity contribution in [3.8, 4) is 0 Å². The van der Waals surface area contributed by atoms with Crippen LogP contribution < -0.4 is 5.73 Å². The first-order valence-corrected chi connectivity index (χ1v) is 5.29. The van der Waals surface area contributed by atoms with Crippen molar-refractivity contribution in [2.24, 2.45) is 5.73 Å². The zero-order valence-electron chi connectivity index (χ0n) is 9.38. The standard InChI is InChI=1S/C11H19NO3/c1-3-5-6-7-9(13)10(12)8(4-2)11(14)15/h3-7,12H2,1-2H3,(H,14,15)/b10-8-. The topological polar surface area (TPSA) is 80.4 Å². The first-order valence-electron chi connectivity index (χ1n) is 5.29. The molecule has 0 rings (SSSR count). The van der Waals surface area contributed by atoms with Crippen molar-refractivity contribution in [3.05, 3.63) is 11.3 Å². The van der Waals surface area contributed by atoms with Gasteiger partial charge in [0.25, 0.3) is 0 Å². The number of nitrogens with two attached hydrogens (primary N) is 1. The van der Waals surface area contributed by atoms with Gasteiger partial charge in [-0.3, -0.25) is 4.79 Å². The normalized spacial score (nSPS) is 12.1. The van der Waals surface area contributed by atoms with Crippen LogP contribution in [0.5, 0.6) is 0 Å². The minimum Gasteiger partial charge on any atom is -0.478 e. The Labute approximate surface area is 90.2 Å². The van der Waals surface area contributed by atoms with Gasteiger partial charge in [-0.25, -0.2) is 4.79 Å². The Morgan fingerprint density at radius 3 is 2.20 bits per heavy atom. The fourth-order valence-electron chi connectivity index (χ4n) is 1.30. The molecular weight excluding hydrogens is 194 g/mol. The molecule has 0 radical (unpaired) electrons. The molecule has 0 aliphatic carbocycles. The molecule has 0 spiro atoms. The van der Waals surface area contributed by atoms with Crippen LogP contribution in [0.2, 0.25) is 0 Å². The van der Waals surface area contributed by atoms with Gasteiger partial charge < -0.3 is 10.8 Å². The first kappa shape index (κ1) is 13.7. The van der Waals surface area contributed by atoms with Crippen molar-refractivity contribution in [3.63, 3.8) is 0 Å². The molecule has 86 valence electrons. The van der Waals surface area contributed by atoms with Crippen molar-refractivity contribution in [1.29, 1.82) is 0 Å². The lowest BCUT2D eigenvalue weighted by atomic mass is 10.0. The number of hydrogen-bond donors (Lipinski definition) is 2. The molecule has 3 N–H and O–H groups in total. The lowest BCUT2D eigenvalue weighted by Gasteiger charge is -2.04. The van der Waals surface area contributed by atoms with Crippen molar-refractivity contribution in [2.75, 3.05) is 0 Å². The van der Waals surface area contributed by atoms with Gasteiger partial charge >= 0.3 is 5.97 Å². The molecule has 0 unspecified atom stereocenters. The predicted molar refractivity (Wildman–Crippen MR) is 58.3 cm³/mol. The summed E-state index contributed by atoms with van der Waals surface area (Å²) < 4.78 is 0. The van der Waals surface area contributed by atoms with E-state index < -0.39 is 5.97 Å². The van der Waals surface area contributed by atoms with E-state index in [4.69, 9.17) is 10.8 Å². The second-order valence-electron chi connectivity index (χ2n) is 3.43. The van der Waals surface area contributed by atoms with Crippen molar-refractivity contribution in [1.82, 2.24) is 0 Å². The molecule has 0 atom stereocenters. The molecule has 0 aliphatic heterocycles. The Hall–Kier alpha value is -1.32. The summed E-state index contributed by atoms with van der Waals surface area (Å²) in [6.45, 7) is 3.72. The average Bonchev–Trinajstić information content (AvgIpc) is 2.18. The molecule has 4 heteroatoms. The van der Waals surface area contributed by atoms with Gasteiger partial charge in [0.15, 0.2) is 5.78 Å². The van der Waals surface area contributed by atoms with Gasteiger partial charge in [-0.1, -0.05) is 26.7 Å². The van der Waals surface area contributed by atoms with Crippen LogP contribution in [-0.2, 0) is 9.59 Å². The van der Waals surface area contributed by atoms with Crippen LogP contribution in [0.15, 0.2) is 11.3 Å². The van der Waals surface area contributed by atoms with Crippen LogP contribution >= 0.6 is 0 Å². The number of hydrogen-bond acceptors (Lipinski definition) is 3. The number of ketones is 1. The van der Waals surface area contributed by atoms with E-state index in [-0.39, 0.29) is 23.5 Å². The van der Waals surface area contributed by atoms with Crippen molar-refractivity contribution >= 4 is 11.8 Å². The van der Waals surface area contributed by atoms with Gasteiger partial charge in [0.1, 0.15) is 0 Å². The molecule has 0 aromatic carbocycles. The molecule has 0 saturated heterocycles. The Kier molecular flexibility index (Phi) is 6.42. The molecular formula is C11H19NO3. The molecule has 0 aromatic heterocycles. The largest absolute Gasteiger partial charge is 0.478 e. The van der Waals surface area contributed by atoms with E-state index in [0.29, 0.717) is 6.42 Å². The van der Waals surface area contributed by atoms with E-state index in [9.17, 15) is 9.59 Å². The lowest BCUT2D eigenvalue weighted by Crippen LogP contribution is -2.18. The third-order valence-electron chi connectivity index (χ3n) is 2.24. The Morgan fingerprint density at radius 1 is 1.20 bits per heavy atom. The third-order valence-corrected chi connectivity index (χ3v) is 2.24. The summed E-state index contributed by atoms with van der Waals surface area (Å²) in [4.78, 5) is 22.2. The highest BCUT2D eigenvalue weighted by molar-refractivity contribution is 6.02. The minimum atomic E-state index is -1.10. The second-order valence-corrected chi connectivity index (χ2v) is 3.43. The van der Waals surface area contributed by atoms with Crippen molar-refractivity contribution in [2.45, 2.75) is 46.0 Å². The minimum absolute atomic E-state index is 0.0245. The number of carboxylic acids is 1. The number of rotatable bonds is 7. The zero-order chi connectivity index (χ0) is 11.8. The molecule has 15 heavy (non-hydrogen) atoms. The highest BCUT2D eigenvalue weighted by Crippen LogP contribution is 2.09. The quantitative estimate of drug-likeness (QED) is 0.499. The number of carboxylic acid groups (broad SMARTS) is 1. The number of unbranched alkanes of at least 4 members (excludes halogenated alkanes) is 2. The van der Waals surface area contributed by atoms with E-state index >= 15 is 0 Å². The predicted octanol–water partition coefficient (Wildman–Crippen LogP) is 1.84. The number of aliphatic carboxylic acids is 1. The molecule has 0 fully saturated rings. The van der Waals surface area contributed by atoms with Crippen LogP contribution in [0.4, 0.5) is 0 Å². The number of carbonyl (C=O) groups is 2. The zero-order valence-corrected chi connectivity index (χ0v) is 9.38. The van der Waals surface area contributed by atoms with Gasteiger partial charge in [-0.15, -0.1) is 0 Å². The Bertz CT molecular complexity index is 269. The van der Waals surface area contributed by atoms with Crippen LogP contribution in [0.25, 0.3) is 0 Å². The summed E-state index contributed by atoms with van der Waals surface area (Å²) in [7, 11) is 0. The molecule has 0 saturated carbocycles. The SMILES string of the molecule is CCCCCC(=O)/C(N)=C(\CC)C(=O)O. The second kappa shape index (κ2) is 7.04. The number of Topliss-reactive ketones (excluding diaryl/α,β-unsaturated/α-hetero) is 1. The smallest absolute Gasteiger partial charge is 0.333 e. The number of allylic oxidation sites excluding steroid dienone is 1. The molecule has 0 heterocycles. The highest BCUT2D eigenvalue weighted by Gasteiger charge is 2.15. The van der Waals surface area contributed by atoms with Gasteiger partial charge in [0.05, 0.1) is 11.3 Å². The Morgan fingerprint density at radius 2 is 1.80 bits per heavy atom. The van der Waals surface area contributed by atoms with Gasteiger partial charge in [0, 0.05) is 6.42 Å². The van der Waals surface area contributed by atoms with Crippen LogP contribution in [-0.4, -0.2) is 16.9 Å². The summed E-state index contributed by atoms with van der Waals surface area (Å²) >= 11 is 0. The molecule has 0 aliphatic rings. The van der Waals surface area contributed by atoms with E-state index in [1.165, 1.54) is 0 Å². The van der Waals surface area contributed by atoms with Crippen LogP contribution in [0, 0.1) is 0 Å². The maximum absolute atomic E-state index is 11.5. The molecule has 0 bridgehead atoms. The Balaban J connectivity index is 4.45. The molecule has 0 amide bonds. The monoisotopic (exact) mass is 213 g/mol. The van der Waals surface area contributed by atoms with Crippen LogP contribution in [0.3, 0.4) is 0 Å². The summed E-state index contributed by atoms with van der Waals surface area (Å²) in [6.07, 6.45) is 3.38. The fourth-order valence-corrected chi connectivity index (χ4v) is 1.30. The average molecular weight is 213 g/mol. The summed E-state index contributed by atoms with van der Waals surface area (Å²) in [5.74, 6) is -1.35. The van der Waals surface area contributed by atoms with Gasteiger partial charge in [-0.05, 0) is 12.8 Å². The number of carbonyl (C=O) groups excluding carboxylic acids is 1. The summed E-state index contributed by atoms with van der Waals surface area (Å²) in [6, 6.07) is 0. The maximum Gasteiger partial charge on any atom is 0.333 e. The third kappa shape index (κ3) is 4.63. The van der Waals surface area contributed by atoms with Gasteiger partial charge in [-0.2, -0.15) is 0 Å².